The van der Waals surface area contributed by atoms with E-state index >= 15 is 0 Å². The Bertz CT molecular complexity index is 744. The number of thioether (sulfide) groups is 1. The van der Waals surface area contributed by atoms with Crippen LogP contribution in [-0.4, -0.2) is 25.9 Å². The van der Waals surface area contributed by atoms with Crippen molar-refractivity contribution in [2.45, 2.75) is 50.2 Å². The minimum absolute atomic E-state index is 0.127. The maximum Gasteiger partial charge on any atom is 0.343 e. The van der Waals surface area contributed by atoms with Crippen LogP contribution in [0, 0.1) is 0 Å². The minimum atomic E-state index is -0.372. The highest BCUT2D eigenvalue weighted by Gasteiger charge is 2.18. The van der Waals surface area contributed by atoms with Gasteiger partial charge in [-0.2, -0.15) is 0 Å². The van der Waals surface area contributed by atoms with Gasteiger partial charge in [-0.25, -0.2) is 9.89 Å². The first-order chi connectivity index (χ1) is 11.5. The number of hydrogen-bond donors (Lipinski definition) is 2. The van der Waals surface area contributed by atoms with Crippen LogP contribution < -0.4 is 11.0 Å². The van der Waals surface area contributed by atoms with Crippen molar-refractivity contribution in [2.75, 3.05) is 0 Å². The zero-order chi connectivity index (χ0) is 17.5. The molecule has 0 aliphatic rings. The number of rotatable bonds is 8. The van der Waals surface area contributed by atoms with E-state index in [1.54, 1.807) is 17.6 Å². The van der Waals surface area contributed by atoms with E-state index in [1.165, 1.54) is 11.8 Å². The monoisotopic (exact) mass is 368 g/mol. The van der Waals surface area contributed by atoms with E-state index in [-0.39, 0.29) is 16.8 Å². The SMILES string of the molecule is CCCCn1c(SC(C)C(=O)NCc2ccccc2Cl)n[nH]c1=O. The number of nitrogens with zero attached hydrogens (tertiary/aromatic N) is 2. The molecule has 8 heteroatoms. The summed E-state index contributed by atoms with van der Waals surface area (Å²) in [7, 11) is 0. The van der Waals surface area contributed by atoms with E-state index in [0.29, 0.717) is 23.3 Å². The Labute approximate surface area is 150 Å². The molecule has 2 N–H and O–H groups in total. The van der Waals surface area contributed by atoms with Gasteiger partial charge in [0.2, 0.25) is 5.91 Å². The van der Waals surface area contributed by atoms with Gasteiger partial charge >= 0.3 is 5.69 Å². The number of unbranched alkanes of at least 4 members (excludes halogenated alkanes) is 1. The van der Waals surface area contributed by atoms with Crippen LogP contribution in [0.4, 0.5) is 0 Å². The predicted octanol–water partition coefficient (Wildman–Crippen LogP) is 2.82. The molecule has 1 atom stereocenters. The van der Waals surface area contributed by atoms with E-state index < -0.39 is 0 Å². The molecule has 0 radical (unpaired) electrons. The van der Waals surface area contributed by atoms with Gasteiger partial charge in [0.25, 0.3) is 0 Å². The maximum atomic E-state index is 12.3. The third-order valence-electron chi connectivity index (χ3n) is 3.52. The van der Waals surface area contributed by atoms with Gasteiger partial charge in [-0.05, 0) is 25.0 Å². The fraction of sp³-hybridized carbons (Fsp3) is 0.438. The summed E-state index contributed by atoms with van der Waals surface area (Å²) in [5.41, 5.74) is 0.624. The maximum absolute atomic E-state index is 12.3. The zero-order valence-electron chi connectivity index (χ0n) is 13.7. The molecule has 24 heavy (non-hydrogen) atoms. The Hall–Kier alpha value is -1.73. The van der Waals surface area contributed by atoms with Gasteiger partial charge in [0.05, 0.1) is 5.25 Å². The predicted molar refractivity (Wildman–Crippen MR) is 96.4 cm³/mol. The van der Waals surface area contributed by atoms with Crippen molar-refractivity contribution in [3.05, 3.63) is 45.3 Å². The van der Waals surface area contributed by atoms with Crippen molar-refractivity contribution >= 4 is 29.3 Å². The summed E-state index contributed by atoms with van der Waals surface area (Å²) in [6.07, 6.45) is 1.87. The quantitative estimate of drug-likeness (QED) is 0.702. The number of nitrogens with one attached hydrogen (secondary N) is 2. The highest BCUT2D eigenvalue weighted by Crippen LogP contribution is 2.21. The Morgan fingerprint density at radius 2 is 2.21 bits per heavy atom. The summed E-state index contributed by atoms with van der Waals surface area (Å²) in [5.74, 6) is -0.127. The zero-order valence-corrected chi connectivity index (χ0v) is 15.3. The molecule has 1 unspecified atom stereocenters. The van der Waals surface area contributed by atoms with E-state index in [1.807, 2.05) is 18.2 Å². The lowest BCUT2D eigenvalue weighted by Crippen LogP contribution is -2.31. The first-order valence-electron chi connectivity index (χ1n) is 7.86. The summed E-state index contributed by atoms with van der Waals surface area (Å²) in [5, 5.41) is 10.1. The number of H-pyrrole nitrogens is 1. The molecule has 1 amide bonds. The molecule has 0 bridgehead atoms. The van der Waals surface area contributed by atoms with Crippen LogP contribution in [0.25, 0.3) is 0 Å². The molecule has 2 aromatic rings. The summed E-state index contributed by atoms with van der Waals surface area (Å²) >= 11 is 7.34. The molecule has 6 nitrogen and oxygen atoms in total. The second-order valence-corrected chi connectivity index (χ2v) is 7.10. The molecule has 0 saturated heterocycles. The fourth-order valence-corrected chi connectivity index (χ4v) is 3.20. The molecule has 0 aliphatic carbocycles. The summed E-state index contributed by atoms with van der Waals surface area (Å²) < 4.78 is 1.58. The van der Waals surface area contributed by atoms with Crippen molar-refractivity contribution in [3.63, 3.8) is 0 Å². The van der Waals surface area contributed by atoms with Gasteiger partial charge < -0.3 is 5.32 Å². The first-order valence-corrected chi connectivity index (χ1v) is 9.11. The third kappa shape index (κ3) is 4.88. The Morgan fingerprint density at radius 1 is 1.46 bits per heavy atom. The van der Waals surface area contributed by atoms with Gasteiger partial charge in [-0.3, -0.25) is 9.36 Å². The number of aromatic amines is 1. The van der Waals surface area contributed by atoms with Crippen molar-refractivity contribution in [3.8, 4) is 0 Å². The Morgan fingerprint density at radius 3 is 2.92 bits per heavy atom. The first kappa shape index (κ1) is 18.6. The van der Waals surface area contributed by atoms with Gasteiger partial charge in [0.15, 0.2) is 5.16 Å². The van der Waals surface area contributed by atoms with Crippen LogP contribution in [0.3, 0.4) is 0 Å². The molecular weight excluding hydrogens is 348 g/mol. The standard InChI is InChI=1S/C16H21ClN4O2S/c1-3-4-9-21-15(23)19-20-16(21)24-11(2)14(22)18-10-12-7-5-6-8-13(12)17/h5-8,11H,3-4,9-10H2,1-2H3,(H,18,22)(H,19,23). The number of carbonyl (C=O) groups excluding carboxylic acids is 1. The van der Waals surface area contributed by atoms with Crippen molar-refractivity contribution in [1.29, 1.82) is 0 Å². The Balaban J connectivity index is 1.94. The number of halogens is 1. The molecule has 1 aromatic carbocycles. The summed E-state index contributed by atoms with van der Waals surface area (Å²) in [4.78, 5) is 24.0. The lowest BCUT2D eigenvalue weighted by molar-refractivity contribution is -0.120. The number of benzene rings is 1. The average Bonchev–Trinajstić information content (AvgIpc) is 2.91. The number of aromatic nitrogens is 3. The van der Waals surface area contributed by atoms with Crippen molar-refractivity contribution in [1.82, 2.24) is 20.1 Å². The van der Waals surface area contributed by atoms with Crippen LogP contribution in [0.5, 0.6) is 0 Å². The molecule has 0 spiro atoms. The molecule has 1 aromatic heterocycles. The smallest absolute Gasteiger partial charge is 0.343 e. The van der Waals surface area contributed by atoms with Gasteiger partial charge in [-0.15, -0.1) is 5.10 Å². The molecule has 1 heterocycles. The minimum Gasteiger partial charge on any atom is -0.351 e. The van der Waals surface area contributed by atoms with Crippen LogP contribution in [0.2, 0.25) is 5.02 Å². The van der Waals surface area contributed by atoms with E-state index in [0.717, 1.165) is 18.4 Å². The second-order valence-electron chi connectivity index (χ2n) is 5.39. The summed E-state index contributed by atoms with van der Waals surface area (Å²) in [6.45, 7) is 4.81. The highest BCUT2D eigenvalue weighted by molar-refractivity contribution is 8.00. The van der Waals surface area contributed by atoms with E-state index in [4.69, 9.17) is 11.6 Å². The van der Waals surface area contributed by atoms with Gasteiger partial charge in [0.1, 0.15) is 0 Å². The van der Waals surface area contributed by atoms with Crippen molar-refractivity contribution < 1.29 is 4.79 Å². The van der Waals surface area contributed by atoms with Gasteiger partial charge in [0, 0.05) is 18.1 Å². The van der Waals surface area contributed by atoms with Crippen molar-refractivity contribution in [2.24, 2.45) is 0 Å². The lowest BCUT2D eigenvalue weighted by atomic mass is 10.2. The van der Waals surface area contributed by atoms with Crippen LogP contribution in [0.1, 0.15) is 32.3 Å². The van der Waals surface area contributed by atoms with Crippen LogP contribution >= 0.6 is 23.4 Å². The highest BCUT2D eigenvalue weighted by atomic mass is 35.5. The molecule has 2 rings (SSSR count). The van der Waals surface area contributed by atoms with Gasteiger partial charge in [-0.1, -0.05) is 54.9 Å². The number of carbonyl (C=O) groups is 1. The lowest BCUT2D eigenvalue weighted by Gasteiger charge is -2.12. The average molecular weight is 369 g/mol. The number of amides is 1. The molecular formula is C16H21ClN4O2S. The number of hydrogen-bond acceptors (Lipinski definition) is 4. The molecule has 130 valence electrons. The molecule has 0 aliphatic heterocycles. The van der Waals surface area contributed by atoms with E-state index in [2.05, 4.69) is 22.4 Å². The van der Waals surface area contributed by atoms with Crippen LogP contribution in [-0.2, 0) is 17.9 Å². The normalized spacial score (nSPS) is 12.1. The van der Waals surface area contributed by atoms with E-state index in [9.17, 15) is 9.59 Å². The largest absolute Gasteiger partial charge is 0.351 e. The Kier molecular flexibility index (Phi) is 6.93. The fourth-order valence-electron chi connectivity index (χ4n) is 2.09. The third-order valence-corrected chi connectivity index (χ3v) is 4.98. The molecule has 0 saturated carbocycles. The second kappa shape index (κ2) is 8.94. The van der Waals surface area contributed by atoms with Crippen LogP contribution in [0.15, 0.2) is 34.2 Å². The molecule has 0 fully saturated rings. The summed E-state index contributed by atoms with van der Waals surface area (Å²) in [6, 6.07) is 7.38. The topological polar surface area (TPSA) is 79.8 Å².